The fourth-order valence-corrected chi connectivity index (χ4v) is 1.49. The fourth-order valence-electron chi connectivity index (χ4n) is 1.49. The van der Waals surface area contributed by atoms with Crippen molar-refractivity contribution < 1.29 is 38.4 Å². The molecule has 0 heterocycles. The summed E-state index contributed by atoms with van der Waals surface area (Å²) in [6.07, 6.45) is -8.42. The largest absolute Gasteiger partial charge is 0.478 e. The standard InChI is InChI=1S/C11H11F3O5/c12-11(13,14)5-1-2-6(10(18)19)7(3-5)9(17)8(16)4-15/h1-3,8-9,15-17H,4H2,(H,18,19). The number of carbonyl (C=O) groups is 1. The minimum absolute atomic E-state index is 0.438. The molecule has 0 radical (unpaired) electrons. The van der Waals surface area contributed by atoms with E-state index in [4.69, 9.17) is 10.2 Å². The maximum atomic E-state index is 12.5. The number of benzene rings is 1. The third kappa shape index (κ3) is 3.43. The summed E-state index contributed by atoms with van der Waals surface area (Å²) in [4.78, 5) is 10.9. The summed E-state index contributed by atoms with van der Waals surface area (Å²) >= 11 is 0. The highest BCUT2D eigenvalue weighted by Crippen LogP contribution is 2.33. The van der Waals surface area contributed by atoms with Gasteiger partial charge in [0.15, 0.2) is 0 Å². The van der Waals surface area contributed by atoms with Crippen molar-refractivity contribution in [2.45, 2.75) is 18.4 Å². The average molecular weight is 280 g/mol. The molecule has 8 heteroatoms. The van der Waals surface area contributed by atoms with Crippen LogP contribution in [0.3, 0.4) is 0 Å². The molecule has 0 aliphatic heterocycles. The molecular weight excluding hydrogens is 269 g/mol. The number of hydrogen-bond donors (Lipinski definition) is 4. The molecule has 5 nitrogen and oxygen atoms in total. The molecule has 0 aliphatic rings. The van der Waals surface area contributed by atoms with E-state index in [1.807, 2.05) is 0 Å². The van der Waals surface area contributed by atoms with E-state index in [1.54, 1.807) is 0 Å². The van der Waals surface area contributed by atoms with E-state index in [1.165, 1.54) is 0 Å². The lowest BCUT2D eigenvalue weighted by Crippen LogP contribution is -2.24. The number of aromatic carboxylic acids is 1. The van der Waals surface area contributed by atoms with Gasteiger partial charge in [0, 0.05) is 0 Å². The molecule has 0 bridgehead atoms. The van der Waals surface area contributed by atoms with Crippen LogP contribution in [-0.4, -0.2) is 39.1 Å². The maximum Gasteiger partial charge on any atom is 0.416 e. The molecule has 0 saturated heterocycles. The molecule has 2 unspecified atom stereocenters. The van der Waals surface area contributed by atoms with Crippen LogP contribution in [-0.2, 0) is 6.18 Å². The summed E-state index contributed by atoms with van der Waals surface area (Å²) in [7, 11) is 0. The predicted octanol–water partition coefficient (Wildman–Crippen LogP) is 0.790. The Balaban J connectivity index is 3.35. The smallest absolute Gasteiger partial charge is 0.416 e. The average Bonchev–Trinajstić information content (AvgIpc) is 2.34. The maximum absolute atomic E-state index is 12.5. The minimum Gasteiger partial charge on any atom is -0.478 e. The number of aliphatic hydroxyl groups is 3. The van der Waals surface area contributed by atoms with Crippen LogP contribution >= 0.6 is 0 Å². The van der Waals surface area contributed by atoms with Gasteiger partial charge in [-0.15, -0.1) is 0 Å². The van der Waals surface area contributed by atoms with Crippen molar-refractivity contribution in [3.8, 4) is 0 Å². The second-order valence-electron chi connectivity index (χ2n) is 3.80. The lowest BCUT2D eigenvalue weighted by molar-refractivity contribution is -0.137. The molecular formula is C11H11F3O5. The normalized spacial score (nSPS) is 15.1. The monoisotopic (exact) mass is 280 g/mol. The Kier molecular flexibility index (Phi) is 4.51. The fraction of sp³-hybridized carbons (Fsp3) is 0.364. The lowest BCUT2D eigenvalue weighted by Gasteiger charge is -2.19. The number of rotatable bonds is 4. The van der Waals surface area contributed by atoms with E-state index >= 15 is 0 Å². The Morgan fingerprint density at radius 2 is 1.84 bits per heavy atom. The first-order chi connectivity index (χ1) is 8.68. The van der Waals surface area contributed by atoms with Crippen molar-refractivity contribution in [1.82, 2.24) is 0 Å². The molecule has 2 atom stereocenters. The Morgan fingerprint density at radius 1 is 1.26 bits per heavy atom. The molecule has 1 aromatic carbocycles. The van der Waals surface area contributed by atoms with Crippen molar-refractivity contribution in [2.24, 2.45) is 0 Å². The number of alkyl halides is 3. The summed E-state index contributed by atoms with van der Waals surface area (Å²) < 4.78 is 37.5. The summed E-state index contributed by atoms with van der Waals surface area (Å²) in [6, 6.07) is 1.69. The summed E-state index contributed by atoms with van der Waals surface area (Å²) in [5.74, 6) is -1.55. The first kappa shape index (κ1) is 15.4. The Morgan fingerprint density at radius 3 is 2.26 bits per heavy atom. The second-order valence-corrected chi connectivity index (χ2v) is 3.80. The van der Waals surface area contributed by atoms with Gasteiger partial charge >= 0.3 is 12.1 Å². The van der Waals surface area contributed by atoms with Crippen molar-refractivity contribution in [3.63, 3.8) is 0 Å². The highest BCUT2D eigenvalue weighted by Gasteiger charge is 2.33. The molecule has 1 rings (SSSR count). The van der Waals surface area contributed by atoms with Gasteiger partial charge in [-0.3, -0.25) is 0 Å². The number of aliphatic hydroxyl groups excluding tert-OH is 3. The number of carboxylic acid groups (broad SMARTS) is 1. The summed E-state index contributed by atoms with van der Waals surface area (Å²) in [5, 5.41) is 36.2. The van der Waals surface area contributed by atoms with Crippen LogP contribution in [0.5, 0.6) is 0 Å². The van der Waals surface area contributed by atoms with Crippen molar-refractivity contribution >= 4 is 5.97 Å². The van der Waals surface area contributed by atoms with Gasteiger partial charge in [-0.05, 0) is 23.8 Å². The second kappa shape index (κ2) is 5.55. The van der Waals surface area contributed by atoms with Crippen LogP contribution < -0.4 is 0 Å². The Labute approximate surface area is 105 Å². The van der Waals surface area contributed by atoms with Crippen molar-refractivity contribution in [2.75, 3.05) is 6.61 Å². The zero-order valence-electron chi connectivity index (χ0n) is 9.42. The highest BCUT2D eigenvalue weighted by atomic mass is 19.4. The zero-order valence-corrected chi connectivity index (χ0v) is 9.42. The van der Waals surface area contributed by atoms with Crippen LogP contribution in [0.25, 0.3) is 0 Å². The number of carboxylic acids is 1. The van der Waals surface area contributed by atoms with Crippen LogP contribution in [0.1, 0.15) is 27.6 Å². The third-order valence-corrected chi connectivity index (χ3v) is 2.48. The first-order valence-corrected chi connectivity index (χ1v) is 5.10. The zero-order chi connectivity index (χ0) is 14.8. The molecule has 0 amide bonds. The molecule has 19 heavy (non-hydrogen) atoms. The quantitative estimate of drug-likeness (QED) is 0.653. The lowest BCUT2D eigenvalue weighted by atomic mass is 9.96. The highest BCUT2D eigenvalue weighted by molar-refractivity contribution is 5.89. The Hall–Kier alpha value is -1.64. The van der Waals surface area contributed by atoms with Crippen LogP contribution in [0.2, 0.25) is 0 Å². The molecule has 0 aromatic heterocycles. The van der Waals surface area contributed by atoms with Gasteiger partial charge in [0.1, 0.15) is 12.2 Å². The van der Waals surface area contributed by atoms with Crippen LogP contribution in [0, 0.1) is 0 Å². The molecule has 0 aliphatic carbocycles. The van der Waals surface area contributed by atoms with Crippen LogP contribution in [0.15, 0.2) is 18.2 Å². The van der Waals surface area contributed by atoms with E-state index < -0.39 is 47.7 Å². The molecule has 0 spiro atoms. The van der Waals surface area contributed by atoms with Gasteiger partial charge in [0.2, 0.25) is 0 Å². The predicted molar refractivity (Wildman–Crippen MR) is 56.5 cm³/mol. The van der Waals surface area contributed by atoms with Gasteiger partial charge in [-0.25, -0.2) is 4.79 Å². The van der Waals surface area contributed by atoms with E-state index in [2.05, 4.69) is 0 Å². The van der Waals surface area contributed by atoms with Gasteiger partial charge < -0.3 is 20.4 Å². The molecule has 0 saturated carbocycles. The van der Waals surface area contributed by atoms with Gasteiger partial charge in [0.25, 0.3) is 0 Å². The van der Waals surface area contributed by atoms with E-state index in [-0.39, 0.29) is 0 Å². The van der Waals surface area contributed by atoms with Crippen molar-refractivity contribution in [3.05, 3.63) is 34.9 Å². The molecule has 106 valence electrons. The van der Waals surface area contributed by atoms with Gasteiger partial charge in [-0.1, -0.05) is 0 Å². The SMILES string of the molecule is O=C(O)c1ccc(C(F)(F)F)cc1C(O)C(O)CO. The molecule has 4 N–H and O–H groups in total. The molecule has 1 aromatic rings. The van der Waals surface area contributed by atoms with Gasteiger partial charge in [-0.2, -0.15) is 13.2 Å². The molecule has 0 fully saturated rings. The minimum atomic E-state index is -4.71. The first-order valence-electron chi connectivity index (χ1n) is 5.10. The number of hydrogen-bond acceptors (Lipinski definition) is 4. The topological polar surface area (TPSA) is 98.0 Å². The third-order valence-electron chi connectivity index (χ3n) is 2.48. The summed E-state index contributed by atoms with van der Waals surface area (Å²) in [5.41, 5.74) is -2.34. The van der Waals surface area contributed by atoms with Gasteiger partial charge in [0.05, 0.1) is 17.7 Å². The summed E-state index contributed by atoms with van der Waals surface area (Å²) in [6.45, 7) is -0.920. The van der Waals surface area contributed by atoms with E-state index in [0.29, 0.717) is 18.2 Å². The van der Waals surface area contributed by atoms with Crippen LogP contribution in [0.4, 0.5) is 13.2 Å². The Bertz CT molecular complexity index is 472. The van der Waals surface area contributed by atoms with E-state index in [0.717, 1.165) is 0 Å². The van der Waals surface area contributed by atoms with E-state index in [9.17, 15) is 28.2 Å². The van der Waals surface area contributed by atoms with Crippen molar-refractivity contribution in [1.29, 1.82) is 0 Å². The number of halogens is 3.